The molecule has 1 heterocycles. The first-order chi connectivity index (χ1) is 12.5. The lowest BCUT2D eigenvalue weighted by atomic mass is 10.1. The normalized spacial score (nSPS) is 10.6. The van der Waals surface area contributed by atoms with Crippen LogP contribution in [0.2, 0.25) is 0 Å². The molecule has 8 heteroatoms. The Morgan fingerprint density at radius 1 is 1.12 bits per heavy atom. The Hall–Kier alpha value is -2.87. The van der Waals surface area contributed by atoms with Crippen LogP contribution in [0.5, 0.6) is 17.2 Å². The van der Waals surface area contributed by atoms with Crippen molar-refractivity contribution in [2.24, 2.45) is 0 Å². The topological polar surface area (TPSA) is 69.7 Å². The lowest BCUT2D eigenvalue weighted by Gasteiger charge is -2.13. The standard InChI is InChI=1S/C18H17FN2O4S/c1-23-13-6-10(7-14(24-2)17(13)25-3)8-16(22)21-18-20-12-5-4-11(19)9-15(12)26-18/h4-7,9H,8H2,1-3H3,(H,20,21,22). The average molecular weight is 376 g/mol. The zero-order valence-corrected chi connectivity index (χ0v) is 15.3. The second-order valence-corrected chi connectivity index (χ2v) is 6.42. The molecule has 136 valence electrons. The number of methoxy groups -OCH3 is 3. The lowest BCUT2D eigenvalue weighted by molar-refractivity contribution is -0.115. The van der Waals surface area contributed by atoms with Gasteiger partial charge in [0.05, 0.1) is 38.0 Å². The van der Waals surface area contributed by atoms with Gasteiger partial charge in [-0.15, -0.1) is 0 Å². The summed E-state index contributed by atoms with van der Waals surface area (Å²) in [6.45, 7) is 0. The zero-order chi connectivity index (χ0) is 18.7. The Labute approximate surface area is 153 Å². The molecule has 0 fully saturated rings. The third-order valence-corrected chi connectivity index (χ3v) is 4.62. The summed E-state index contributed by atoms with van der Waals surface area (Å²) in [4.78, 5) is 16.6. The molecule has 1 N–H and O–H groups in total. The third kappa shape index (κ3) is 3.70. The highest BCUT2D eigenvalue weighted by atomic mass is 32.1. The Kier molecular flexibility index (Phi) is 5.22. The number of aromatic nitrogens is 1. The number of hydrogen-bond donors (Lipinski definition) is 1. The Bertz CT molecular complexity index is 933. The second kappa shape index (κ2) is 7.57. The van der Waals surface area contributed by atoms with Crippen molar-refractivity contribution < 1.29 is 23.4 Å². The van der Waals surface area contributed by atoms with Crippen LogP contribution in [0.15, 0.2) is 30.3 Å². The van der Waals surface area contributed by atoms with Crippen LogP contribution in [-0.4, -0.2) is 32.2 Å². The minimum absolute atomic E-state index is 0.0982. The summed E-state index contributed by atoms with van der Waals surface area (Å²) in [5, 5.41) is 3.16. The van der Waals surface area contributed by atoms with E-state index in [1.165, 1.54) is 44.8 Å². The first-order valence-corrected chi connectivity index (χ1v) is 8.50. The van der Waals surface area contributed by atoms with Crippen LogP contribution in [0.1, 0.15) is 5.56 Å². The molecular weight excluding hydrogens is 359 g/mol. The van der Waals surface area contributed by atoms with E-state index in [2.05, 4.69) is 10.3 Å². The number of thiazole rings is 1. The van der Waals surface area contributed by atoms with E-state index >= 15 is 0 Å². The summed E-state index contributed by atoms with van der Waals surface area (Å²) in [5.74, 6) is 0.831. The van der Waals surface area contributed by atoms with Crippen molar-refractivity contribution in [1.29, 1.82) is 0 Å². The maximum atomic E-state index is 13.3. The zero-order valence-electron chi connectivity index (χ0n) is 14.5. The van der Waals surface area contributed by atoms with E-state index in [0.717, 1.165) is 0 Å². The minimum atomic E-state index is -0.337. The molecule has 6 nitrogen and oxygen atoms in total. The second-order valence-electron chi connectivity index (χ2n) is 5.39. The summed E-state index contributed by atoms with van der Waals surface area (Å²) in [5.41, 5.74) is 1.34. The summed E-state index contributed by atoms with van der Waals surface area (Å²) >= 11 is 1.22. The molecule has 0 bridgehead atoms. The maximum Gasteiger partial charge on any atom is 0.230 e. The van der Waals surface area contributed by atoms with Crippen LogP contribution < -0.4 is 19.5 Å². The fourth-order valence-electron chi connectivity index (χ4n) is 2.54. The number of halogens is 1. The Balaban J connectivity index is 1.78. The number of carbonyl (C=O) groups is 1. The van der Waals surface area contributed by atoms with Gasteiger partial charge in [-0.3, -0.25) is 4.79 Å². The molecule has 1 aromatic heterocycles. The van der Waals surface area contributed by atoms with Gasteiger partial charge in [0.25, 0.3) is 0 Å². The molecule has 0 aliphatic carbocycles. The van der Waals surface area contributed by atoms with Gasteiger partial charge in [0.15, 0.2) is 16.6 Å². The molecule has 0 spiro atoms. The van der Waals surface area contributed by atoms with E-state index in [9.17, 15) is 9.18 Å². The number of amides is 1. The molecule has 0 saturated carbocycles. The average Bonchev–Trinajstić information content (AvgIpc) is 3.01. The first kappa shape index (κ1) is 17.9. The molecule has 26 heavy (non-hydrogen) atoms. The molecule has 0 atom stereocenters. The lowest BCUT2D eigenvalue weighted by Crippen LogP contribution is -2.14. The van der Waals surface area contributed by atoms with Crippen molar-refractivity contribution in [2.45, 2.75) is 6.42 Å². The minimum Gasteiger partial charge on any atom is -0.493 e. The fourth-order valence-corrected chi connectivity index (χ4v) is 3.45. The molecule has 0 saturated heterocycles. The van der Waals surface area contributed by atoms with Gasteiger partial charge in [-0.05, 0) is 35.9 Å². The quantitative estimate of drug-likeness (QED) is 0.711. The number of ether oxygens (including phenoxy) is 3. The maximum absolute atomic E-state index is 13.3. The SMILES string of the molecule is COc1cc(CC(=O)Nc2nc3ccc(F)cc3s2)cc(OC)c1OC. The van der Waals surface area contributed by atoms with Gasteiger partial charge in [0, 0.05) is 0 Å². The number of nitrogens with zero attached hydrogens (tertiary/aromatic N) is 1. The summed E-state index contributed by atoms with van der Waals surface area (Å²) in [7, 11) is 4.55. The van der Waals surface area contributed by atoms with Crippen LogP contribution in [0.3, 0.4) is 0 Å². The van der Waals surface area contributed by atoms with Crippen LogP contribution in [0.25, 0.3) is 10.2 Å². The highest BCUT2D eigenvalue weighted by Crippen LogP contribution is 2.38. The Morgan fingerprint density at radius 3 is 2.42 bits per heavy atom. The van der Waals surface area contributed by atoms with Gasteiger partial charge in [-0.1, -0.05) is 11.3 Å². The van der Waals surface area contributed by atoms with E-state index in [1.807, 2.05) is 0 Å². The van der Waals surface area contributed by atoms with Crippen molar-refractivity contribution in [3.8, 4) is 17.2 Å². The highest BCUT2D eigenvalue weighted by Gasteiger charge is 2.16. The van der Waals surface area contributed by atoms with Gasteiger partial charge in [-0.2, -0.15) is 0 Å². The smallest absolute Gasteiger partial charge is 0.230 e. The van der Waals surface area contributed by atoms with E-state index in [1.54, 1.807) is 18.2 Å². The number of anilines is 1. The highest BCUT2D eigenvalue weighted by molar-refractivity contribution is 7.22. The molecule has 0 aliphatic rings. The number of benzene rings is 2. The number of rotatable bonds is 6. The van der Waals surface area contributed by atoms with Gasteiger partial charge in [0.2, 0.25) is 11.7 Å². The summed E-state index contributed by atoms with van der Waals surface area (Å²) in [6.07, 6.45) is 0.0982. The molecule has 2 aromatic carbocycles. The van der Waals surface area contributed by atoms with Crippen molar-refractivity contribution in [2.75, 3.05) is 26.6 Å². The molecule has 3 rings (SSSR count). The number of nitrogens with one attached hydrogen (secondary N) is 1. The van der Waals surface area contributed by atoms with Crippen LogP contribution in [-0.2, 0) is 11.2 Å². The van der Waals surface area contributed by atoms with Gasteiger partial charge < -0.3 is 19.5 Å². The predicted octanol–water partition coefficient (Wildman–Crippen LogP) is 3.64. The van der Waals surface area contributed by atoms with Gasteiger partial charge in [0.1, 0.15) is 5.82 Å². The van der Waals surface area contributed by atoms with E-state index < -0.39 is 0 Å². The summed E-state index contributed by atoms with van der Waals surface area (Å²) < 4.78 is 29.8. The van der Waals surface area contributed by atoms with E-state index in [-0.39, 0.29) is 18.1 Å². The molecule has 0 unspecified atom stereocenters. The van der Waals surface area contributed by atoms with Crippen molar-refractivity contribution in [1.82, 2.24) is 4.98 Å². The fraction of sp³-hybridized carbons (Fsp3) is 0.222. The largest absolute Gasteiger partial charge is 0.493 e. The van der Waals surface area contributed by atoms with Crippen LogP contribution >= 0.6 is 11.3 Å². The van der Waals surface area contributed by atoms with Crippen LogP contribution in [0, 0.1) is 5.82 Å². The van der Waals surface area contributed by atoms with Crippen LogP contribution in [0.4, 0.5) is 9.52 Å². The predicted molar refractivity (Wildman–Crippen MR) is 98.0 cm³/mol. The third-order valence-electron chi connectivity index (χ3n) is 3.69. The van der Waals surface area contributed by atoms with Gasteiger partial charge >= 0.3 is 0 Å². The summed E-state index contributed by atoms with van der Waals surface area (Å²) in [6, 6.07) is 7.74. The monoisotopic (exact) mass is 376 g/mol. The first-order valence-electron chi connectivity index (χ1n) is 7.69. The van der Waals surface area contributed by atoms with Crippen molar-refractivity contribution in [3.63, 3.8) is 0 Å². The van der Waals surface area contributed by atoms with E-state index in [0.29, 0.717) is 38.2 Å². The molecule has 0 radical (unpaired) electrons. The number of carbonyl (C=O) groups excluding carboxylic acids is 1. The number of hydrogen-bond acceptors (Lipinski definition) is 6. The Morgan fingerprint density at radius 2 is 1.81 bits per heavy atom. The molecule has 1 amide bonds. The van der Waals surface area contributed by atoms with E-state index in [4.69, 9.17) is 14.2 Å². The van der Waals surface area contributed by atoms with Crippen molar-refractivity contribution >= 4 is 32.6 Å². The van der Waals surface area contributed by atoms with Gasteiger partial charge in [-0.25, -0.2) is 9.37 Å². The molecule has 3 aromatic rings. The van der Waals surface area contributed by atoms with Crippen molar-refractivity contribution in [3.05, 3.63) is 41.7 Å². The molecule has 0 aliphatic heterocycles. The molecular formula is C18H17FN2O4S. The number of fused-ring (bicyclic) bond motifs is 1.